The van der Waals surface area contributed by atoms with E-state index in [-0.39, 0.29) is 13.0 Å². The Balaban J connectivity index is 2.14. The second-order valence-electron chi connectivity index (χ2n) is 3.98. The second kappa shape index (κ2) is 6.43. The molecule has 1 aliphatic heterocycles. The second-order valence-corrected chi connectivity index (χ2v) is 4.41. The van der Waals surface area contributed by atoms with Crippen molar-refractivity contribution in [1.29, 1.82) is 0 Å². The molecular formula is C12H11ClF3NO3. The lowest BCUT2D eigenvalue weighted by molar-refractivity contribution is -0.0701. The lowest BCUT2D eigenvalue weighted by Crippen LogP contribution is -2.27. The van der Waals surface area contributed by atoms with Gasteiger partial charge >= 0.3 is 6.18 Å². The lowest BCUT2D eigenvalue weighted by atomic mass is 10.1. The van der Waals surface area contributed by atoms with E-state index in [1.165, 1.54) is 0 Å². The van der Waals surface area contributed by atoms with Crippen LogP contribution in [0.25, 0.3) is 0 Å². The maximum atomic E-state index is 12.1. The van der Waals surface area contributed by atoms with Gasteiger partial charge in [-0.05, 0) is 5.56 Å². The van der Waals surface area contributed by atoms with Gasteiger partial charge in [0.25, 0.3) is 0 Å². The molecule has 0 saturated carbocycles. The van der Waals surface area contributed by atoms with Gasteiger partial charge in [-0.2, -0.15) is 13.2 Å². The summed E-state index contributed by atoms with van der Waals surface area (Å²) in [5.41, 5.74) is -0.228. The third-order valence-corrected chi connectivity index (χ3v) is 2.92. The van der Waals surface area contributed by atoms with Crippen molar-refractivity contribution in [2.75, 3.05) is 6.79 Å². The van der Waals surface area contributed by atoms with Gasteiger partial charge in [0.05, 0.1) is 0 Å². The zero-order valence-corrected chi connectivity index (χ0v) is 10.8. The molecule has 0 aliphatic carbocycles. The highest BCUT2D eigenvalue weighted by Crippen LogP contribution is 2.32. The zero-order chi connectivity index (χ0) is 14.6. The fourth-order valence-electron chi connectivity index (χ4n) is 1.69. The van der Waals surface area contributed by atoms with E-state index in [0.29, 0.717) is 5.56 Å². The molecule has 0 bridgehead atoms. The number of benzene rings is 1. The van der Waals surface area contributed by atoms with E-state index in [1.54, 1.807) is 30.3 Å². The number of hydrogen-bond acceptors (Lipinski definition) is 4. The highest BCUT2D eigenvalue weighted by Gasteiger charge is 2.38. The normalized spacial score (nSPS) is 25.0. The molecule has 4 nitrogen and oxygen atoms in total. The number of nitrogens with zero attached hydrogens (tertiary/aromatic N) is 1. The van der Waals surface area contributed by atoms with Crippen LogP contribution in [0.4, 0.5) is 13.2 Å². The summed E-state index contributed by atoms with van der Waals surface area (Å²) in [7, 11) is 0. The Hall–Kier alpha value is -1.31. The van der Waals surface area contributed by atoms with Gasteiger partial charge in [-0.25, -0.2) is 0 Å². The molecule has 0 aromatic heterocycles. The van der Waals surface area contributed by atoms with Crippen molar-refractivity contribution < 1.29 is 27.5 Å². The van der Waals surface area contributed by atoms with Gasteiger partial charge in [0.1, 0.15) is 19.1 Å². The maximum absolute atomic E-state index is 12.1. The highest BCUT2D eigenvalue weighted by atomic mass is 35.5. The number of hydrogen-bond donors (Lipinski definition) is 0. The summed E-state index contributed by atoms with van der Waals surface area (Å²) >= 11 is 5.89. The first-order valence-electron chi connectivity index (χ1n) is 5.67. The van der Waals surface area contributed by atoms with Crippen molar-refractivity contribution in [3.8, 4) is 0 Å². The van der Waals surface area contributed by atoms with Crippen molar-refractivity contribution in [3.63, 3.8) is 0 Å². The lowest BCUT2D eigenvalue weighted by Gasteiger charge is -2.22. The molecule has 2 rings (SSSR count). The number of ether oxygens (including phenoxy) is 2. The van der Waals surface area contributed by atoms with Gasteiger partial charge in [0.15, 0.2) is 11.7 Å². The molecule has 110 valence electrons. The Kier molecular flexibility index (Phi) is 4.85. The first-order valence-corrected chi connectivity index (χ1v) is 6.10. The number of oxime groups is 1. The van der Waals surface area contributed by atoms with E-state index in [2.05, 4.69) is 5.16 Å². The molecule has 0 amide bonds. The highest BCUT2D eigenvalue weighted by molar-refractivity contribution is 6.20. The third-order valence-electron chi connectivity index (χ3n) is 2.55. The van der Waals surface area contributed by atoms with Crippen LogP contribution in [-0.2, 0) is 14.3 Å². The van der Waals surface area contributed by atoms with Crippen molar-refractivity contribution >= 4 is 17.8 Å². The van der Waals surface area contributed by atoms with Crippen LogP contribution in [0.5, 0.6) is 0 Å². The molecule has 1 aliphatic rings. The molecule has 3 atom stereocenters. The molecular weight excluding hydrogens is 299 g/mol. The van der Waals surface area contributed by atoms with E-state index in [9.17, 15) is 13.2 Å². The van der Waals surface area contributed by atoms with E-state index in [0.717, 1.165) is 0 Å². The van der Waals surface area contributed by atoms with Crippen molar-refractivity contribution in [2.24, 2.45) is 5.16 Å². The third kappa shape index (κ3) is 4.09. The summed E-state index contributed by atoms with van der Waals surface area (Å²) < 4.78 is 46.4. The van der Waals surface area contributed by atoms with E-state index >= 15 is 0 Å². The monoisotopic (exact) mass is 309 g/mol. The van der Waals surface area contributed by atoms with Crippen LogP contribution < -0.4 is 0 Å². The first kappa shape index (κ1) is 15.1. The first-order chi connectivity index (χ1) is 9.47. The molecule has 3 unspecified atom stereocenters. The molecule has 8 heteroatoms. The Labute approximate surface area is 118 Å². The minimum atomic E-state index is -4.55. The van der Waals surface area contributed by atoms with E-state index in [4.69, 9.17) is 25.9 Å². The quantitative estimate of drug-likeness (QED) is 0.487. The average Bonchev–Trinajstić information content (AvgIpc) is 2.81. The van der Waals surface area contributed by atoms with E-state index < -0.39 is 23.9 Å². The Morgan fingerprint density at radius 3 is 2.55 bits per heavy atom. The van der Waals surface area contributed by atoms with Gasteiger partial charge in [0.2, 0.25) is 0 Å². The summed E-state index contributed by atoms with van der Waals surface area (Å²) in [5, 5.41) is 2.95. The molecule has 1 fully saturated rings. The number of halogens is 4. The Morgan fingerprint density at radius 2 is 2.00 bits per heavy atom. The summed E-state index contributed by atoms with van der Waals surface area (Å²) in [5.74, 6) is 0. The van der Waals surface area contributed by atoms with Gasteiger partial charge in [-0.15, -0.1) is 0 Å². The van der Waals surface area contributed by atoms with Gasteiger partial charge in [-0.3, -0.25) is 0 Å². The predicted octanol–water partition coefficient (Wildman–Crippen LogP) is 3.23. The van der Waals surface area contributed by atoms with Crippen LogP contribution in [0.3, 0.4) is 0 Å². The van der Waals surface area contributed by atoms with Crippen LogP contribution >= 0.6 is 11.6 Å². The van der Waals surface area contributed by atoms with Gasteiger partial charge in [0, 0.05) is 0 Å². The number of rotatable bonds is 4. The van der Waals surface area contributed by atoms with Crippen LogP contribution in [0, 0.1) is 0 Å². The van der Waals surface area contributed by atoms with Crippen LogP contribution in [0.15, 0.2) is 35.5 Å². The topological polar surface area (TPSA) is 40.0 Å². The minimum absolute atomic E-state index is 0.0471. The summed E-state index contributed by atoms with van der Waals surface area (Å²) in [4.78, 5) is 4.92. The van der Waals surface area contributed by atoms with Gasteiger partial charge in [-0.1, -0.05) is 47.1 Å². The standard InChI is InChI=1S/C12H11ClF3NO3/c13-11-10(18-7-19-11)9(8-4-2-1-3-5-8)20-17-6-12(14,15)16/h1-6,9-11H,7H2. The molecule has 0 spiro atoms. The van der Waals surface area contributed by atoms with Crippen LogP contribution in [0.1, 0.15) is 11.7 Å². The number of alkyl halides is 4. The predicted molar refractivity (Wildman–Crippen MR) is 65.3 cm³/mol. The van der Waals surface area contributed by atoms with E-state index in [1.807, 2.05) is 0 Å². The largest absolute Gasteiger partial charge is 0.429 e. The smallest absolute Gasteiger partial charge is 0.385 e. The van der Waals surface area contributed by atoms with Crippen molar-refractivity contribution in [1.82, 2.24) is 0 Å². The van der Waals surface area contributed by atoms with Crippen molar-refractivity contribution in [2.45, 2.75) is 23.9 Å². The van der Waals surface area contributed by atoms with Crippen LogP contribution in [0.2, 0.25) is 0 Å². The Bertz CT molecular complexity index is 455. The Morgan fingerprint density at radius 1 is 1.30 bits per heavy atom. The molecule has 1 aromatic carbocycles. The van der Waals surface area contributed by atoms with Gasteiger partial charge < -0.3 is 14.3 Å². The summed E-state index contributed by atoms with van der Waals surface area (Å²) in [6.07, 6.45) is -6.42. The van der Waals surface area contributed by atoms with Crippen LogP contribution in [-0.4, -0.2) is 30.9 Å². The fraction of sp³-hybridized carbons (Fsp3) is 0.417. The zero-order valence-electron chi connectivity index (χ0n) is 10.1. The summed E-state index contributed by atoms with van der Waals surface area (Å²) in [6.45, 7) is -0.0471. The fourth-order valence-corrected chi connectivity index (χ4v) is 1.94. The van der Waals surface area contributed by atoms with Crippen molar-refractivity contribution in [3.05, 3.63) is 35.9 Å². The molecule has 1 heterocycles. The summed E-state index contributed by atoms with van der Waals surface area (Å²) in [6, 6.07) is 8.57. The molecule has 1 saturated heterocycles. The molecule has 0 radical (unpaired) electrons. The minimum Gasteiger partial charge on any atom is -0.385 e. The molecule has 1 aromatic rings. The maximum Gasteiger partial charge on any atom is 0.429 e. The molecule has 20 heavy (non-hydrogen) atoms. The molecule has 0 N–H and O–H groups in total. The average molecular weight is 310 g/mol. The SMILES string of the molecule is FC(F)(F)C=NOC(c1ccccc1)C1OCOC1Cl.